The molecule has 3 aromatic rings. The van der Waals surface area contributed by atoms with Crippen molar-refractivity contribution in [3.63, 3.8) is 0 Å². The van der Waals surface area contributed by atoms with Gasteiger partial charge in [-0.2, -0.15) is 5.10 Å². The molecule has 140 valence electrons. The molecule has 3 rings (SSSR count). The lowest BCUT2D eigenvalue weighted by molar-refractivity contribution is 0.0465. The van der Waals surface area contributed by atoms with Gasteiger partial charge in [-0.3, -0.25) is 4.79 Å². The summed E-state index contributed by atoms with van der Waals surface area (Å²) in [4.78, 5) is 24.8. The van der Waals surface area contributed by atoms with Crippen LogP contribution in [0.15, 0.2) is 42.6 Å². The topological polar surface area (TPSA) is 75.4 Å². The highest BCUT2D eigenvalue weighted by molar-refractivity contribution is 6.00. The summed E-state index contributed by atoms with van der Waals surface area (Å²) >= 11 is 0. The highest BCUT2D eigenvalue weighted by atomic mass is 16.5. The summed E-state index contributed by atoms with van der Waals surface area (Å²) in [6, 6.07) is 11.1. The number of carbonyl (C=O) groups is 2. The van der Waals surface area contributed by atoms with Crippen LogP contribution in [-0.2, 0) is 11.8 Å². The third-order valence-electron chi connectivity index (χ3n) is 4.52. The molecule has 0 N–H and O–H groups in total. The molecule has 0 unspecified atom stereocenters. The lowest BCUT2D eigenvalue weighted by Gasteiger charge is -2.04. The lowest BCUT2D eigenvalue weighted by Crippen LogP contribution is -2.16. The van der Waals surface area contributed by atoms with Gasteiger partial charge in [0.15, 0.2) is 12.4 Å². The minimum absolute atomic E-state index is 0.0233. The monoisotopic (exact) mass is 367 g/mol. The predicted octanol–water partition coefficient (Wildman–Crippen LogP) is 2.88. The summed E-state index contributed by atoms with van der Waals surface area (Å²) in [6.07, 6.45) is 1.60. The van der Waals surface area contributed by atoms with E-state index in [0.717, 1.165) is 17.1 Å². The van der Waals surface area contributed by atoms with Crippen LogP contribution in [0.4, 0.5) is 0 Å². The van der Waals surface area contributed by atoms with Gasteiger partial charge in [0.2, 0.25) is 11.5 Å². The van der Waals surface area contributed by atoms with Crippen LogP contribution < -0.4 is 4.74 Å². The number of hydrogen-bond acceptors (Lipinski definition) is 5. The number of ketones is 1. The van der Waals surface area contributed by atoms with Gasteiger partial charge in [0, 0.05) is 24.0 Å². The maximum absolute atomic E-state index is 12.4. The molecule has 0 atom stereocenters. The zero-order valence-electron chi connectivity index (χ0n) is 15.7. The van der Waals surface area contributed by atoms with E-state index in [4.69, 9.17) is 9.47 Å². The fraction of sp³-hybridized carbons (Fsp3) is 0.250. The number of methoxy groups -OCH3 is 1. The molecule has 0 radical (unpaired) electrons. The van der Waals surface area contributed by atoms with Crippen molar-refractivity contribution >= 4 is 11.8 Å². The largest absolute Gasteiger partial charge is 0.493 e. The van der Waals surface area contributed by atoms with Crippen molar-refractivity contribution in [3.05, 3.63) is 65.2 Å². The van der Waals surface area contributed by atoms with Gasteiger partial charge in [0.1, 0.15) is 0 Å². The van der Waals surface area contributed by atoms with Crippen molar-refractivity contribution in [2.24, 2.45) is 7.05 Å². The van der Waals surface area contributed by atoms with Gasteiger partial charge in [-0.15, -0.1) is 0 Å². The molecule has 0 aliphatic carbocycles. The van der Waals surface area contributed by atoms with E-state index in [1.165, 1.54) is 11.8 Å². The minimum Gasteiger partial charge on any atom is -0.493 e. The molecular formula is C20H21N3O4. The van der Waals surface area contributed by atoms with E-state index in [1.807, 2.05) is 55.8 Å². The van der Waals surface area contributed by atoms with Crippen LogP contribution in [0, 0.1) is 13.8 Å². The first-order valence-electron chi connectivity index (χ1n) is 8.44. The average molecular weight is 367 g/mol. The lowest BCUT2D eigenvalue weighted by atomic mass is 10.1. The molecule has 2 aromatic heterocycles. The van der Waals surface area contributed by atoms with Crippen LogP contribution in [0.5, 0.6) is 5.75 Å². The molecular weight excluding hydrogens is 346 g/mol. The zero-order valence-corrected chi connectivity index (χ0v) is 15.7. The third-order valence-corrected chi connectivity index (χ3v) is 4.52. The summed E-state index contributed by atoms with van der Waals surface area (Å²) in [7, 11) is 3.33. The number of benzene rings is 1. The number of aryl methyl sites for hydroxylation is 1. The van der Waals surface area contributed by atoms with E-state index in [0.29, 0.717) is 5.56 Å². The number of hydrogen-bond donors (Lipinski definition) is 0. The molecule has 0 spiro atoms. The summed E-state index contributed by atoms with van der Waals surface area (Å²) in [5.41, 5.74) is 3.14. The number of para-hydroxylation sites is 1. The van der Waals surface area contributed by atoms with Crippen molar-refractivity contribution in [1.82, 2.24) is 14.3 Å². The Labute approximate surface area is 157 Å². The molecule has 7 heteroatoms. The highest BCUT2D eigenvalue weighted by Crippen LogP contribution is 2.21. The molecule has 0 fully saturated rings. The van der Waals surface area contributed by atoms with Crippen molar-refractivity contribution < 1.29 is 19.1 Å². The van der Waals surface area contributed by atoms with Crippen molar-refractivity contribution in [2.45, 2.75) is 13.8 Å². The number of nitrogens with zero attached hydrogens (tertiary/aromatic N) is 3. The van der Waals surface area contributed by atoms with E-state index < -0.39 is 5.97 Å². The van der Waals surface area contributed by atoms with Crippen LogP contribution in [-0.4, -0.2) is 39.8 Å². The van der Waals surface area contributed by atoms with Gasteiger partial charge in [0.25, 0.3) is 0 Å². The second-order valence-corrected chi connectivity index (χ2v) is 6.17. The molecule has 0 aliphatic rings. The quantitative estimate of drug-likeness (QED) is 0.495. The molecule has 0 aliphatic heterocycles. The highest BCUT2D eigenvalue weighted by Gasteiger charge is 2.22. The number of rotatable bonds is 6. The number of carbonyl (C=O) groups excluding carboxylic acids is 2. The van der Waals surface area contributed by atoms with E-state index in [1.54, 1.807) is 12.3 Å². The number of Topliss-reactive ketones (excluding diaryl/α,β-unsaturated/α-hetero) is 1. The van der Waals surface area contributed by atoms with Crippen molar-refractivity contribution in [2.75, 3.05) is 13.7 Å². The van der Waals surface area contributed by atoms with Crippen molar-refractivity contribution in [1.29, 1.82) is 0 Å². The zero-order chi connectivity index (χ0) is 19.6. The van der Waals surface area contributed by atoms with Crippen LogP contribution in [0.3, 0.4) is 0 Å². The SMILES string of the molecule is COc1cn(-c2ccccc2)nc1C(=O)OCC(=O)c1cc(C)n(C)c1C. The fourth-order valence-electron chi connectivity index (χ4n) is 2.78. The van der Waals surface area contributed by atoms with E-state index in [2.05, 4.69) is 5.10 Å². The van der Waals surface area contributed by atoms with Gasteiger partial charge in [0.05, 0.1) is 19.0 Å². The van der Waals surface area contributed by atoms with E-state index in [-0.39, 0.29) is 23.8 Å². The van der Waals surface area contributed by atoms with E-state index >= 15 is 0 Å². The van der Waals surface area contributed by atoms with Crippen LogP contribution in [0.1, 0.15) is 32.2 Å². The first-order valence-corrected chi connectivity index (χ1v) is 8.44. The Morgan fingerprint density at radius 2 is 1.85 bits per heavy atom. The molecule has 1 aromatic carbocycles. The summed E-state index contributed by atoms with van der Waals surface area (Å²) in [5, 5.41) is 4.24. The maximum atomic E-state index is 12.4. The van der Waals surface area contributed by atoms with E-state index in [9.17, 15) is 9.59 Å². The maximum Gasteiger partial charge on any atom is 0.363 e. The third kappa shape index (κ3) is 3.62. The van der Waals surface area contributed by atoms with Gasteiger partial charge < -0.3 is 14.0 Å². The first kappa shape index (κ1) is 18.4. The Kier molecular flexibility index (Phi) is 5.12. The molecule has 27 heavy (non-hydrogen) atoms. The van der Waals surface area contributed by atoms with Crippen LogP contribution in [0.2, 0.25) is 0 Å². The first-order chi connectivity index (χ1) is 12.9. The molecule has 0 bridgehead atoms. The molecule has 7 nitrogen and oxygen atoms in total. The average Bonchev–Trinajstić information content (AvgIpc) is 3.23. The van der Waals surface area contributed by atoms with Gasteiger partial charge in [-0.1, -0.05) is 18.2 Å². The summed E-state index contributed by atoms with van der Waals surface area (Å²) in [5.74, 6) is -0.686. The normalized spacial score (nSPS) is 10.7. The fourth-order valence-corrected chi connectivity index (χ4v) is 2.78. The standard InChI is InChI=1S/C20H21N3O4/c1-13-10-16(14(2)22(13)3)17(24)12-27-20(25)19-18(26-4)11-23(21-19)15-8-6-5-7-9-15/h5-11H,12H2,1-4H3. The molecule has 0 saturated heterocycles. The summed E-state index contributed by atoms with van der Waals surface area (Å²) < 4.78 is 13.9. The second kappa shape index (κ2) is 7.49. The smallest absolute Gasteiger partial charge is 0.363 e. The Morgan fingerprint density at radius 3 is 2.44 bits per heavy atom. The van der Waals surface area contributed by atoms with Crippen molar-refractivity contribution in [3.8, 4) is 11.4 Å². The Balaban J connectivity index is 1.75. The number of ether oxygens (including phenoxy) is 2. The Hall–Kier alpha value is -3.35. The van der Waals surface area contributed by atoms with Gasteiger partial charge in [-0.25, -0.2) is 9.48 Å². The number of aromatic nitrogens is 3. The Bertz CT molecular complexity index is 986. The molecule has 0 saturated carbocycles. The molecule has 0 amide bonds. The summed E-state index contributed by atoms with van der Waals surface area (Å²) in [6.45, 7) is 3.41. The number of esters is 1. The van der Waals surface area contributed by atoms with Crippen LogP contribution in [0.25, 0.3) is 5.69 Å². The Morgan fingerprint density at radius 1 is 1.15 bits per heavy atom. The van der Waals surface area contributed by atoms with Crippen LogP contribution >= 0.6 is 0 Å². The minimum atomic E-state index is -0.708. The van der Waals surface area contributed by atoms with Gasteiger partial charge in [-0.05, 0) is 32.0 Å². The van der Waals surface area contributed by atoms with Gasteiger partial charge >= 0.3 is 5.97 Å². The molecule has 2 heterocycles. The second-order valence-electron chi connectivity index (χ2n) is 6.17. The predicted molar refractivity (Wildman–Crippen MR) is 99.6 cm³/mol.